The van der Waals surface area contributed by atoms with Gasteiger partial charge in [0.15, 0.2) is 0 Å². The van der Waals surface area contributed by atoms with Crippen molar-refractivity contribution < 1.29 is 14.7 Å². The summed E-state index contributed by atoms with van der Waals surface area (Å²) in [6, 6.07) is 6.82. The number of ketones is 1. The van der Waals surface area contributed by atoms with Crippen molar-refractivity contribution in [3.8, 4) is 0 Å². The number of rotatable bonds is 2. The number of carbonyl (C=O) groups is 2. The molecule has 1 N–H and O–H groups in total. The zero-order valence-electron chi connectivity index (χ0n) is 9.07. The molecule has 80 valence electrons. The van der Waals surface area contributed by atoms with Gasteiger partial charge in [0.1, 0.15) is 0 Å². The Morgan fingerprint density at radius 1 is 1.13 bits per heavy atom. The van der Waals surface area contributed by atoms with Gasteiger partial charge in [0.25, 0.3) is 5.78 Å². The molecule has 0 aliphatic heterocycles. The standard InChI is InChI=1S/C12H14O3/c1-12(2,3)9-7-5-4-6-8(9)10(13)11(14)15/h4-7H,1-3H3,(H,14,15). The number of carboxylic acids is 1. The van der Waals surface area contributed by atoms with E-state index in [0.29, 0.717) is 0 Å². The van der Waals surface area contributed by atoms with Gasteiger partial charge in [0.05, 0.1) is 0 Å². The second-order valence-corrected chi connectivity index (χ2v) is 4.43. The SMILES string of the molecule is CC(C)(C)c1ccccc1C(=O)C(=O)O. The largest absolute Gasteiger partial charge is 0.475 e. The first-order chi connectivity index (χ1) is 6.84. The van der Waals surface area contributed by atoms with Crippen LogP contribution in [0.4, 0.5) is 0 Å². The topological polar surface area (TPSA) is 54.4 Å². The Labute approximate surface area is 88.7 Å². The van der Waals surface area contributed by atoms with E-state index in [1.165, 1.54) is 0 Å². The van der Waals surface area contributed by atoms with Crippen molar-refractivity contribution in [3.05, 3.63) is 35.4 Å². The minimum Gasteiger partial charge on any atom is -0.475 e. The number of aliphatic carboxylic acids is 1. The van der Waals surface area contributed by atoms with Crippen LogP contribution in [-0.4, -0.2) is 16.9 Å². The molecule has 0 saturated carbocycles. The van der Waals surface area contributed by atoms with Crippen LogP contribution in [0.25, 0.3) is 0 Å². The predicted octanol–water partition coefficient (Wildman–Crippen LogP) is 2.25. The lowest BCUT2D eigenvalue weighted by Gasteiger charge is -2.21. The summed E-state index contributed by atoms with van der Waals surface area (Å²) in [7, 11) is 0. The zero-order chi connectivity index (χ0) is 11.6. The minimum absolute atomic E-state index is 0.234. The summed E-state index contributed by atoms with van der Waals surface area (Å²) in [6.07, 6.45) is 0. The Kier molecular flexibility index (Phi) is 2.93. The summed E-state index contributed by atoms with van der Waals surface area (Å²) in [4.78, 5) is 22.0. The van der Waals surface area contributed by atoms with Gasteiger partial charge in [-0.15, -0.1) is 0 Å². The Balaban J connectivity index is 3.31. The Morgan fingerprint density at radius 2 is 1.67 bits per heavy atom. The van der Waals surface area contributed by atoms with Gasteiger partial charge in [-0.1, -0.05) is 45.0 Å². The summed E-state index contributed by atoms with van der Waals surface area (Å²) in [5.74, 6) is -2.26. The maximum absolute atomic E-state index is 11.4. The number of benzene rings is 1. The minimum atomic E-state index is -1.41. The lowest BCUT2D eigenvalue weighted by Crippen LogP contribution is -2.21. The number of hydrogen-bond donors (Lipinski definition) is 1. The number of hydrogen-bond acceptors (Lipinski definition) is 2. The van der Waals surface area contributed by atoms with Crippen LogP contribution in [-0.2, 0) is 10.2 Å². The van der Waals surface area contributed by atoms with E-state index in [2.05, 4.69) is 0 Å². The van der Waals surface area contributed by atoms with Crippen molar-refractivity contribution in [2.24, 2.45) is 0 Å². The van der Waals surface area contributed by atoms with E-state index in [-0.39, 0.29) is 11.0 Å². The van der Waals surface area contributed by atoms with E-state index in [1.807, 2.05) is 20.8 Å². The Hall–Kier alpha value is -1.64. The monoisotopic (exact) mass is 206 g/mol. The van der Waals surface area contributed by atoms with Gasteiger partial charge >= 0.3 is 5.97 Å². The third-order valence-electron chi connectivity index (χ3n) is 2.17. The lowest BCUT2D eigenvalue weighted by atomic mass is 9.83. The van der Waals surface area contributed by atoms with Crippen molar-refractivity contribution in [2.45, 2.75) is 26.2 Å². The van der Waals surface area contributed by atoms with Crippen molar-refractivity contribution in [2.75, 3.05) is 0 Å². The van der Waals surface area contributed by atoms with Crippen LogP contribution in [0, 0.1) is 0 Å². The molecule has 0 radical (unpaired) electrons. The van der Waals surface area contributed by atoms with Gasteiger partial charge in [-0.3, -0.25) is 4.79 Å². The fraction of sp³-hybridized carbons (Fsp3) is 0.333. The molecule has 1 rings (SSSR count). The van der Waals surface area contributed by atoms with Crippen LogP contribution in [0.1, 0.15) is 36.7 Å². The molecule has 0 bridgehead atoms. The quantitative estimate of drug-likeness (QED) is 0.596. The van der Waals surface area contributed by atoms with Gasteiger partial charge in [-0.25, -0.2) is 4.79 Å². The first-order valence-corrected chi connectivity index (χ1v) is 4.71. The molecule has 0 spiro atoms. The Bertz CT molecular complexity index is 400. The van der Waals surface area contributed by atoms with E-state index < -0.39 is 11.8 Å². The van der Waals surface area contributed by atoms with E-state index in [1.54, 1.807) is 24.3 Å². The molecule has 15 heavy (non-hydrogen) atoms. The molecule has 0 aliphatic rings. The highest BCUT2D eigenvalue weighted by Gasteiger charge is 2.24. The third kappa shape index (κ3) is 2.43. The molecule has 3 nitrogen and oxygen atoms in total. The normalized spacial score (nSPS) is 11.1. The first-order valence-electron chi connectivity index (χ1n) is 4.71. The summed E-state index contributed by atoms with van der Waals surface area (Å²) in [6.45, 7) is 5.84. The van der Waals surface area contributed by atoms with Crippen molar-refractivity contribution >= 4 is 11.8 Å². The van der Waals surface area contributed by atoms with Gasteiger partial charge in [-0.2, -0.15) is 0 Å². The average molecular weight is 206 g/mol. The van der Waals surface area contributed by atoms with E-state index in [0.717, 1.165) is 5.56 Å². The fourth-order valence-electron chi connectivity index (χ4n) is 1.45. The lowest BCUT2D eigenvalue weighted by molar-refractivity contribution is -0.131. The molecule has 3 heteroatoms. The second kappa shape index (κ2) is 3.85. The average Bonchev–Trinajstić information content (AvgIpc) is 2.15. The predicted molar refractivity (Wildman–Crippen MR) is 57.1 cm³/mol. The highest BCUT2D eigenvalue weighted by Crippen LogP contribution is 2.25. The summed E-state index contributed by atoms with van der Waals surface area (Å²) in [5, 5.41) is 8.68. The van der Waals surface area contributed by atoms with Crippen LogP contribution in [0.3, 0.4) is 0 Å². The van der Waals surface area contributed by atoms with Crippen LogP contribution in [0.15, 0.2) is 24.3 Å². The molecule has 1 aromatic rings. The third-order valence-corrected chi connectivity index (χ3v) is 2.17. The molecule has 0 aliphatic carbocycles. The number of Topliss-reactive ketones (excluding diaryl/α,β-unsaturated/α-hetero) is 1. The van der Waals surface area contributed by atoms with E-state index in [4.69, 9.17) is 5.11 Å². The van der Waals surface area contributed by atoms with Gasteiger partial charge < -0.3 is 5.11 Å². The second-order valence-electron chi connectivity index (χ2n) is 4.43. The molecular formula is C12H14O3. The molecule has 0 heterocycles. The summed E-state index contributed by atoms with van der Waals surface area (Å²) >= 11 is 0. The first kappa shape index (κ1) is 11.4. The summed E-state index contributed by atoms with van der Waals surface area (Å²) < 4.78 is 0. The molecule has 0 atom stereocenters. The van der Waals surface area contributed by atoms with Crippen LogP contribution < -0.4 is 0 Å². The Morgan fingerprint density at radius 3 is 2.13 bits per heavy atom. The van der Waals surface area contributed by atoms with Crippen molar-refractivity contribution in [1.82, 2.24) is 0 Å². The van der Waals surface area contributed by atoms with Crippen LogP contribution in [0.2, 0.25) is 0 Å². The number of carbonyl (C=O) groups excluding carboxylic acids is 1. The molecule has 1 aromatic carbocycles. The summed E-state index contributed by atoms with van der Waals surface area (Å²) in [5.41, 5.74) is 0.803. The van der Waals surface area contributed by atoms with Gasteiger partial charge in [0, 0.05) is 5.56 Å². The molecule has 0 amide bonds. The molecular weight excluding hydrogens is 192 g/mol. The van der Waals surface area contributed by atoms with Crippen LogP contribution >= 0.6 is 0 Å². The highest BCUT2D eigenvalue weighted by molar-refractivity contribution is 6.40. The van der Waals surface area contributed by atoms with Gasteiger partial charge in [0.2, 0.25) is 0 Å². The number of carboxylic acid groups (broad SMARTS) is 1. The molecule has 0 fully saturated rings. The van der Waals surface area contributed by atoms with Crippen molar-refractivity contribution in [3.63, 3.8) is 0 Å². The molecule has 0 saturated heterocycles. The van der Waals surface area contributed by atoms with E-state index >= 15 is 0 Å². The van der Waals surface area contributed by atoms with Crippen molar-refractivity contribution in [1.29, 1.82) is 0 Å². The van der Waals surface area contributed by atoms with Crippen LogP contribution in [0.5, 0.6) is 0 Å². The van der Waals surface area contributed by atoms with Gasteiger partial charge in [-0.05, 0) is 11.0 Å². The smallest absolute Gasteiger partial charge is 0.377 e. The maximum Gasteiger partial charge on any atom is 0.377 e. The zero-order valence-corrected chi connectivity index (χ0v) is 9.07. The van der Waals surface area contributed by atoms with E-state index in [9.17, 15) is 9.59 Å². The fourth-order valence-corrected chi connectivity index (χ4v) is 1.45. The molecule has 0 unspecified atom stereocenters. The molecule has 0 aromatic heterocycles. The maximum atomic E-state index is 11.4. The highest BCUT2D eigenvalue weighted by atomic mass is 16.4.